The third-order valence-electron chi connectivity index (χ3n) is 5.42. The van der Waals surface area contributed by atoms with Crippen LogP contribution < -0.4 is 10.6 Å². The molecule has 0 spiro atoms. The van der Waals surface area contributed by atoms with Gasteiger partial charge in [-0.15, -0.1) is 0 Å². The number of aliphatic hydroxyl groups excluding tert-OH is 1. The van der Waals surface area contributed by atoms with Gasteiger partial charge in [-0.2, -0.15) is 0 Å². The molecule has 3 N–H and O–H groups in total. The molecule has 0 heterocycles. The van der Waals surface area contributed by atoms with Gasteiger partial charge in [-0.1, -0.05) is 42.5 Å². The van der Waals surface area contributed by atoms with Crippen molar-refractivity contribution in [3.05, 3.63) is 71.8 Å². The van der Waals surface area contributed by atoms with Gasteiger partial charge in [0.2, 0.25) is 10.0 Å². The molecule has 0 fully saturated rings. The van der Waals surface area contributed by atoms with E-state index < -0.39 is 28.5 Å². The van der Waals surface area contributed by atoms with Crippen molar-refractivity contribution < 1.29 is 27.9 Å². The number of rotatable bonds is 10. The predicted octanol–water partition coefficient (Wildman–Crippen LogP) is 2.53. The molecule has 1 amide bonds. The van der Waals surface area contributed by atoms with Crippen molar-refractivity contribution in [2.75, 3.05) is 39.2 Å². The summed E-state index contributed by atoms with van der Waals surface area (Å²) < 4.78 is 31.2. The fraction of sp³-hybridized carbons (Fsp3) is 0.280. The molecule has 0 aliphatic carbocycles. The molecule has 9 nitrogen and oxygen atoms in total. The minimum atomic E-state index is -3.80. The molecule has 0 saturated heterocycles. The normalized spacial score (nSPS) is 12.4. The number of benzene rings is 3. The quantitative estimate of drug-likeness (QED) is 0.366. The number of aliphatic hydroxyl groups is 1. The van der Waals surface area contributed by atoms with Crippen LogP contribution in [0.15, 0.2) is 65.6 Å². The monoisotopic (exact) mass is 499 g/mol. The number of nitrogens with zero attached hydrogens (tertiary/aromatic N) is 1. The SMILES string of the molecule is CC(NC(=O)COC(=O)c1cc(S(=O)(=O)N(C)C)ccc1NCCO)c1cccc2ccccc12. The molecular formula is C25H29N3O6S. The lowest BCUT2D eigenvalue weighted by atomic mass is 10.00. The maximum Gasteiger partial charge on any atom is 0.340 e. The third-order valence-corrected chi connectivity index (χ3v) is 7.23. The number of hydrogen-bond donors (Lipinski definition) is 3. The Hall–Kier alpha value is -3.47. The molecule has 10 heteroatoms. The van der Waals surface area contributed by atoms with Gasteiger partial charge in [0, 0.05) is 26.3 Å². The number of carbonyl (C=O) groups excluding carboxylic acids is 2. The van der Waals surface area contributed by atoms with E-state index in [1.165, 1.54) is 32.3 Å². The van der Waals surface area contributed by atoms with E-state index in [-0.39, 0.29) is 35.3 Å². The van der Waals surface area contributed by atoms with Crippen LogP contribution in [-0.2, 0) is 19.6 Å². The molecule has 3 aromatic carbocycles. The van der Waals surface area contributed by atoms with Crippen LogP contribution in [0.5, 0.6) is 0 Å². The van der Waals surface area contributed by atoms with Gasteiger partial charge in [0.05, 0.1) is 23.1 Å². The Morgan fingerprint density at radius 1 is 1.06 bits per heavy atom. The maximum absolute atomic E-state index is 12.8. The van der Waals surface area contributed by atoms with Crippen LogP contribution in [0, 0.1) is 0 Å². The lowest BCUT2D eigenvalue weighted by Gasteiger charge is -2.17. The lowest BCUT2D eigenvalue weighted by Crippen LogP contribution is -2.31. The second kappa shape index (κ2) is 11.3. The summed E-state index contributed by atoms with van der Waals surface area (Å²) in [5, 5.41) is 16.8. The summed E-state index contributed by atoms with van der Waals surface area (Å²) in [4.78, 5) is 25.2. The van der Waals surface area contributed by atoms with E-state index >= 15 is 0 Å². The molecule has 1 unspecified atom stereocenters. The molecule has 0 saturated carbocycles. The second-order valence-corrected chi connectivity index (χ2v) is 10.2. The van der Waals surface area contributed by atoms with Crippen LogP contribution in [0.1, 0.15) is 28.9 Å². The maximum atomic E-state index is 12.8. The Balaban J connectivity index is 1.73. The molecule has 1 atom stereocenters. The first kappa shape index (κ1) is 26.1. The molecule has 0 aromatic heterocycles. The van der Waals surface area contributed by atoms with Gasteiger partial charge in [0.25, 0.3) is 5.91 Å². The Labute approximate surface area is 204 Å². The Morgan fingerprint density at radius 3 is 2.49 bits per heavy atom. The Bertz CT molecular complexity index is 1320. The minimum Gasteiger partial charge on any atom is -0.452 e. The lowest BCUT2D eigenvalue weighted by molar-refractivity contribution is -0.124. The molecular weight excluding hydrogens is 470 g/mol. The highest BCUT2D eigenvalue weighted by Gasteiger charge is 2.23. The van der Waals surface area contributed by atoms with Crippen molar-refractivity contribution in [2.45, 2.75) is 17.9 Å². The van der Waals surface area contributed by atoms with Gasteiger partial charge in [0.1, 0.15) is 0 Å². The molecule has 35 heavy (non-hydrogen) atoms. The fourth-order valence-corrected chi connectivity index (χ4v) is 4.53. The molecule has 0 aliphatic heterocycles. The summed E-state index contributed by atoms with van der Waals surface area (Å²) >= 11 is 0. The fourth-order valence-electron chi connectivity index (χ4n) is 3.61. The van der Waals surface area contributed by atoms with Gasteiger partial charge >= 0.3 is 5.97 Å². The van der Waals surface area contributed by atoms with Gasteiger partial charge in [0.15, 0.2) is 6.61 Å². The number of nitrogens with one attached hydrogen (secondary N) is 2. The zero-order valence-electron chi connectivity index (χ0n) is 19.8. The smallest absolute Gasteiger partial charge is 0.340 e. The highest BCUT2D eigenvalue weighted by atomic mass is 32.2. The van der Waals surface area contributed by atoms with Gasteiger partial charge < -0.3 is 20.5 Å². The van der Waals surface area contributed by atoms with Crippen LogP contribution in [0.25, 0.3) is 10.8 Å². The molecule has 3 rings (SSSR count). The van der Waals surface area contributed by atoms with Crippen molar-refractivity contribution in [2.24, 2.45) is 0 Å². The number of esters is 1. The average molecular weight is 500 g/mol. The van der Waals surface area contributed by atoms with Crippen LogP contribution >= 0.6 is 0 Å². The summed E-state index contributed by atoms with van der Waals surface area (Å²) in [7, 11) is -1.03. The number of amides is 1. The van der Waals surface area contributed by atoms with E-state index in [4.69, 9.17) is 9.84 Å². The first-order valence-corrected chi connectivity index (χ1v) is 12.4. The van der Waals surface area contributed by atoms with Gasteiger partial charge in [-0.05, 0) is 41.5 Å². The van der Waals surface area contributed by atoms with E-state index in [1.54, 1.807) is 0 Å². The molecule has 0 aliphatic rings. The van der Waals surface area contributed by atoms with Crippen molar-refractivity contribution in [3.8, 4) is 0 Å². The first-order chi connectivity index (χ1) is 16.6. The summed E-state index contributed by atoms with van der Waals surface area (Å²) in [5.74, 6) is -1.37. The van der Waals surface area contributed by atoms with Crippen molar-refractivity contribution in [3.63, 3.8) is 0 Å². The predicted molar refractivity (Wildman–Crippen MR) is 134 cm³/mol. The first-order valence-electron chi connectivity index (χ1n) is 11.0. The zero-order chi connectivity index (χ0) is 25.6. The average Bonchev–Trinajstić information content (AvgIpc) is 2.85. The standard InChI is InChI=1S/C25H29N3O6S/c1-17(20-10-6-8-18-7-4-5-9-21(18)20)27-24(30)16-34-25(31)22-15-19(35(32,33)28(2)3)11-12-23(22)26-13-14-29/h4-12,15,17,26,29H,13-14,16H2,1-3H3,(H,27,30). The minimum absolute atomic E-state index is 0.0590. The summed E-state index contributed by atoms with van der Waals surface area (Å²) in [6, 6.07) is 17.3. The molecule has 186 valence electrons. The van der Waals surface area contributed by atoms with E-state index in [0.717, 1.165) is 20.6 Å². The van der Waals surface area contributed by atoms with Crippen molar-refractivity contribution in [1.82, 2.24) is 9.62 Å². The summed E-state index contributed by atoms with van der Waals surface area (Å²) in [6.07, 6.45) is 0. The zero-order valence-corrected chi connectivity index (χ0v) is 20.6. The molecule has 3 aromatic rings. The summed E-state index contributed by atoms with van der Waals surface area (Å²) in [6.45, 7) is 1.25. The van der Waals surface area contributed by atoms with E-state index in [1.807, 2.05) is 49.4 Å². The third kappa shape index (κ3) is 6.16. The number of anilines is 1. The van der Waals surface area contributed by atoms with Crippen LogP contribution in [-0.4, -0.2) is 63.6 Å². The number of fused-ring (bicyclic) bond motifs is 1. The van der Waals surface area contributed by atoms with Crippen LogP contribution in [0.4, 0.5) is 5.69 Å². The number of hydrogen-bond acceptors (Lipinski definition) is 7. The van der Waals surface area contributed by atoms with Gasteiger partial charge in [-0.3, -0.25) is 4.79 Å². The van der Waals surface area contributed by atoms with E-state index in [0.29, 0.717) is 0 Å². The van der Waals surface area contributed by atoms with E-state index in [2.05, 4.69) is 10.6 Å². The van der Waals surface area contributed by atoms with Gasteiger partial charge in [-0.25, -0.2) is 17.5 Å². The van der Waals surface area contributed by atoms with Crippen LogP contribution in [0.2, 0.25) is 0 Å². The highest BCUT2D eigenvalue weighted by Crippen LogP contribution is 2.25. The topological polar surface area (TPSA) is 125 Å². The van der Waals surface area contributed by atoms with Crippen molar-refractivity contribution in [1.29, 1.82) is 0 Å². The van der Waals surface area contributed by atoms with E-state index in [9.17, 15) is 18.0 Å². The Kier molecular flexibility index (Phi) is 8.44. The largest absolute Gasteiger partial charge is 0.452 e. The molecule has 0 bridgehead atoms. The highest BCUT2D eigenvalue weighted by molar-refractivity contribution is 7.89. The van der Waals surface area contributed by atoms with Crippen LogP contribution in [0.3, 0.4) is 0 Å². The Morgan fingerprint density at radius 2 is 1.77 bits per heavy atom. The van der Waals surface area contributed by atoms with Crippen molar-refractivity contribution >= 4 is 38.4 Å². The number of carbonyl (C=O) groups is 2. The number of sulfonamides is 1. The summed E-state index contributed by atoms with van der Waals surface area (Å²) in [5.41, 5.74) is 1.16. The molecule has 0 radical (unpaired) electrons. The second-order valence-electron chi connectivity index (χ2n) is 8.08. The number of ether oxygens (including phenoxy) is 1.